The zero-order valence-electron chi connectivity index (χ0n) is 21.7. The number of anilines is 1. The van der Waals surface area contributed by atoms with Gasteiger partial charge < -0.3 is 14.4 Å². The van der Waals surface area contributed by atoms with Gasteiger partial charge in [0.15, 0.2) is 11.5 Å². The molecule has 0 aliphatic carbocycles. The fraction of sp³-hybridized carbons (Fsp3) is 0.345. The fourth-order valence-electron chi connectivity index (χ4n) is 5.32. The lowest BCUT2D eigenvalue weighted by Gasteiger charge is -2.41. The van der Waals surface area contributed by atoms with Gasteiger partial charge >= 0.3 is 0 Å². The standard InChI is InChI=1S/C29H33N3O5S/c1-22(32(38(2,34)35)25-13-14-26-27(21-25)37-20-19-36-26)29(33)31-17-15-30(16-18-31)28(23-9-5-3-6-10-23)24-11-7-4-8-12-24/h3-14,21-22,28H,15-20H2,1-2H3/t22-/m0/s1. The van der Waals surface area contributed by atoms with E-state index in [2.05, 4.69) is 29.2 Å². The van der Waals surface area contributed by atoms with Crippen LogP contribution >= 0.6 is 0 Å². The van der Waals surface area contributed by atoms with Crippen LogP contribution in [0, 0.1) is 0 Å². The Balaban J connectivity index is 1.33. The van der Waals surface area contributed by atoms with Crippen molar-refractivity contribution in [2.45, 2.75) is 19.0 Å². The first-order chi connectivity index (χ1) is 18.3. The van der Waals surface area contributed by atoms with E-state index in [-0.39, 0.29) is 11.9 Å². The Morgan fingerprint density at radius 2 is 1.37 bits per heavy atom. The molecule has 1 amide bonds. The van der Waals surface area contributed by atoms with Crippen LogP contribution in [0.15, 0.2) is 78.9 Å². The molecule has 9 heteroatoms. The van der Waals surface area contributed by atoms with Crippen molar-refractivity contribution in [3.05, 3.63) is 90.0 Å². The maximum Gasteiger partial charge on any atom is 0.246 e. The molecule has 0 aromatic heterocycles. The van der Waals surface area contributed by atoms with Crippen molar-refractivity contribution in [2.24, 2.45) is 0 Å². The first kappa shape index (κ1) is 26.1. The number of hydrogen-bond acceptors (Lipinski definition) is 6. The van der Waals surface area contributed by atoms with Gasteiger partial charge in [0.05, 0.1) is 18.0 Å². The van der Waals surface area contributed by atoms with Crippen molar-refractivity contribution in [3.63, 3.8) is 0 Å². The Bertz CT molecular complexity index is 1320. The van der Waals surface area contributed by atoms with E-state index in [0.29, 0.717) is 56.6 Å². The Hall–Kier alpha value is -3.56. The highest BCUT2D eigenvalue weighted by atomic mass is 32.2. The smallest absolute Gasteiger partial charge is 0.246 e. The van der Waals surface area contributed by atoms with E-state index in [0.717, 1.165) is 6.26 Å². The first-order valence-electron chi connectivity index (χ1n) is 12.8. The fourth-order valence-corrected chi connectivity index (χ4v) is 6.48. The van der Waals surface area contributed by atoms with Crippen LogP contribution in [0.5, 0.6) is 11.5 Å². The molecule has 0 saturated carbocycles. The molecule has 5 rings (SSSR count). The molecule has 8 nitrogen and oxygen atoms in total. The number of piperazine rings is 1. The second-order valence-electron chi connectivity index (χ2n) is 9.65. The molecule has 0 unspecified atom stereocenters. The summed E-state index contributed by atoms with van der Waals surface area (Å²) < 4.78 is 38.1. The summed E-state index contributed by atoms with van der Waals surface area (Å²) in [5, 5.41) is 0. The van der Waals surface area contributed by atoms with Crippen molar-refractivity contribution in [1.29, 1.82) is 0 Å². The molecule has 0 bridgehead atoms. The monoisotopic (exact) mass is 535 g/mol. The summed E-state index contributed by atoms with van der Waals surface area (Å²) in [6, 6.07) is 24.9. The van der Waals surface area contributed by atoms with Crippen LogP contribution in [0.3, 0.4) is 0 Å². The average molecular weight is 536 g/mol. The summed E-state index contributed by atoms with van der Waals surface area (Å²) in [5.41, 5.74) is 2.78. The van der Waals surface area contributed by atoms with Crippen LogP contribution in [0.4, 0.5) is 5.69 Å². The molecule has 1 saturated heterocycles. The number of ether oxygens (including phenoxy) is 2. The molecular formula is C29H33N3O5S. The van der Waals surface area contributed by atoms with Gasteiger partial charge in [0.1, 0.15) is 19.3 Å². The summed E-state index contributed by atoms with van der Waals surface area (Å²) >= 11 is 0. The summed E-state index contributed by atoms with van der Waals surface area (Å²) in [7, 11) is -3.74. The molecule has 3 aromatic rings. The highest BCUT2D eigenvalue weighted by Gasteiger charge is 2.35. The molecule has 38 heavy (non-hydrogen) atoms. The SMILES string of the molecule is C[C@@H](C(=O)N1CCN(C(c2ccccc2)c2ccccc2)CC1)N(c1ccc2c(c1)OCCO2)S(C)(=O)=O. The van der Waals surface area contributed by atoms with E-state index in [1.165, 1.54) is 15.4 Å². The molecule has 1 atom stereocenters. The zero-order valence-corrected chi connectivity index (χ0v) is 22.5. The number of carbonyl (C=O) groups is 1. The molecule has 2 aliphatic heterocycles. The van der Waals surface area contributed by atoms with Gasteiger partial charge in [0, 0.05) is 32.2 Å². The van der Waals surface area contributed by atoms with Gasteiger partial charge in [0.25, 0.3) is 0 Å². The maximum atomic E-state index is 13.6. The number of benzene rings is 3. The van der Waals surface area contributed by atoms with E-state index >= 15 is 0 Å². The predicted molar refractivity (Wildman–Crippen MR) is 147 cm³/mol. The highest BCUT2D eigenvalue weighted by Crippen LogP contribution is 2.36. The van der Waals surface area contributed by atoms with Crippen LogP contribution in [0.25, 0.3) is 0 Å². The first-order valence-corrected chi connectivity index (χ1v) is 14.7. The molecule has 1 fully saturated rings. The lowest BCUT2D eigenvalue weighted by Crippen LogP contribution is -2.55. The minimum absolute atomic E-state index is 0.0808. The van der Waals surface area contributed by atoms with Crippen LogP contribution in [-0.2, 0) is 14.8 Å². The van der Waals surface area contributed by atoms with Crippen molar-refractivity contribution >= 4 is 21.6 Å². The Labute approximate surface area is 224 Å². The lowest BCUT2D eigenvalue weighted by molar-refractivity contribution is -0.134. The summed E-state index contributed by atoms with van der Waals surface area (Å²) in [4.78, 5) is 17.8. The third-order valence-corrected chi connectivity index (χ3v) is 8.31. The number of amides is 1. The quantitative estimate of drug-likeness (QED) is 0.461. The van der Waals surface area contributed by atoms with Crippen LogP contribution in [0.1, 0.15) is 24.1 Å². The Morgan fingerprint density at radius 1 is 0.816 bits per heavy atom. The number of fused-ring (bicyclic) bond motifs is 1. The van der Waals surface area contributed by atoms with Crippen molar-refractivity contribution < 1.29 is 22.7 Å². The molecule has 2 aliphatic rings. The minimum Gasteiger partial charge on any atom is -0.486 e. The number of hydrogen-bond donors (Lipinski definition) is 0. The van der Waals surface area contributed by atoms with E-state index in [9.17, 15) is 13.2 Å². The molecule has 0 spiro atoms. The van der Waals surface area contributed by atoms with Crippen molar-refractivity contribution in [3.8, 4) is 11.5 Å². The predicted octanol–water partition coefficient (Wildman–Crippen LogP) is 3.55. The normalized spacial score (nSPS) is 16.8. The van der Waals surface area contributed by atoms with Gasteiger partial charge in [0.2, 0.25) is 15.9 Å². The second kappa shape index (κ2) is 11.0. The lowest BCUT2D eigenvalue weighted by atomic mass is 9.96. The summed E-state index contributed by atoms with van der Waals surface area (Å²) in [6.07, 6.45) is 1.12. The van der Waals surface area contributed by atoms with Crippen LogP contribution in [0.2, 0.25) is 0 Å². The summed E-state index contributed by atoms with van der Waals surface area (Å²) in [5.74, 6) is 0.819. The second-order valence-corrected chi connectivity index (χ2v) is 11.5. The van der Waals surface area contributed by atoms with Gasteiger partial charge in [-0.2, -0.15) is 0 Å². The third-order valence-electron chi connectivity index (χ3n) is 7.07. The molecular weight excluding hydrogens is 502 g/mol. The van der Waals surface area contributed by atoms with E-state index < -0.39 is 16.1 Å². The molecule has 0 N–H and O–H groups in total. The average Bonchev–Trinajstić information content (AvgIpc) is 2.93. The van der Waals surface area contributed by atoms with E-state index in [1.807, 2.05) is 36.4 Å². The minimum atomic E-state index is -3.74. The topological polar surface area (TPSA) is 79.4 Å². The van der Waals surface area contributed by atoms with Crippen LogP contribution in [-0.4, -0.2) is 75.8 Å². The van der Waals surface area contributed by atoms with Gasteiger partial charge in [-0.1, -0.05) is 60.7 Å². The van der Waals surface area contributed by atoms with Gasteiger partial charge in [-0.3, -0.25) is 14.0 Å². The van der Waals surface area contributed by atoms with Gasteiger partial charge in [-0.15, -0.1) is 0 Å². The van der Waals surface area contributed by atoms with E-state index in [1.54, 1.807) is 30.0 Å². The number of carbonyl (C=O) groups excluding carboxylic acids is 1. The van der Waals surface area contributed by atoms with Gasteiger partial charge in [-0.25, -0.2) is 8.42 Å². The Kier molecular flexibility index (Phi) is 7.58. The molecule has 0 radical (unpaired) electrons. The summed E-state index contributed by atoms with van der Waals surface area (Å²) in [6.45, 7) is 4.85. The zero-order chi connectivity index (χ0) is 26.7. The molecule has 3 aromatic carbocycles. The van der Waals surface area contributed by atoms with E-state index in [4.69, 9.17) is 9.47 Å². The van der Waals surface area contributed by atoms with Crippen molar-refractivity contribution in [1.82, 2.24) is 9.80 Å². The van der Waals surface area contributed by atoms with Crippen molar-refractivity contribution in [2.75, 3.05) is 50.0 Å². The molecule has 200 valence electrons. The van der Waals surface area contributed by atoms with Gasteiger partial charge in [-0.05, 0) is 30.2 Å². The largest absolute Gasteiger partial charge is 0.486 e. The maximum absolute atomic E-state index is 13.6. The number of rotatable bonds is 7. The molecule has 2 heterocycles. The number of nitrogens with zero attached hydrogens (tertiary/aromatic N) is 3. The Morgan fingerprint density at radius 3 is 1.92 bits per heavy atom. The highest BCUT2D eigenvalue weighted by molar-refractivity contribution is 7.92. The third kappa shape index (κ3) is 5.49. The number of sulfonamides is 1. The van der Waals surface area contributed by atoms with Crippen LogP contribution < -0.4 is 13.8 Å².